The molecular formula is C14H11Br2ClO. The van der Waals surface area contributed by atoms with E-state index in [1.165, 1.54) is 0 Å². The van der Waals surface area contributed by atoms with Crippen molar-refractivity contribution in [3.63, 3.8) is 0 Å². The second-order valence-corrected chi connectivity index (χ2v) is 5.59. The first-order valence-electron chi connectivity index (χ1n) is 5.41. The lowest BCUT2D eigenvalue weighted by Crippen LogP contribution is -1.96. The van der Waals surface area contributed by atoms with Gasteiger partial charge in [-0.15, -0.1) is 0 Å². The van der Waals surface area contributed by atoms with Crippen LogP contribution in [0.2, 0.25) is 5.02 Å². The number of hydrogen-bond acceptors (Lipinski definition) is 1. The Bertz CT molecular complexity index is 543. The smallest absolute Gasteiger partial charge is 0.120 e. The lowest BCUT2D eigenvalue weighted by molar-refractivity contribution is 0.306. The average Bonchev–Trinajstić information content (AvgIpc) is 2.39. The summed E-state index contributed by atoms with van der Waals surface area (Å²) in [5, 5.41) is 1.52. The van der Waals surface area contributed by atoms with Crippen LogP contribution in [0.15, 0.2) is 46.9 Å². The third-order valence-corrected chi connectivity index (χ3v) is 4.26. The summed E-state index contributed by atoms with van der Waals surface area (Å²) in [6, 6.07) is 13.6. The molecule has 2 aromatic carbocycles. The van der Waals surface area contributed by atoms with Crippen molar-refractivity contribution in [2.45, 2.75) is 11.9 Å². The van der Waals surface area contributed by atoms with Crippen LogP contribution < -0.4 is 4.74 Å². The molecule has 0 aliphatic carbocycles. The van der Waals surface area contributed by atoms with Crippen LogP contribution in [0.4, 0.5) is 0 Å². The second-order valence-electron chi connectivity index (χ2n) is 3.77. The van der Waals surface area contributed by atoms with Gasteiger partial charge < -0.3 is 4.74 Å². The molecule has 0 saturated heterocycles. The molecule has 0 unspecified atom stereocenters. The van der Waals surface area contributed by atoms with Gasteiger partial charge in [-0.05, 0) is 29.8 Å². The van der Waals surface area contributed by atoms with E-state index >= 15 is 0 Å². The second kappa shape index (κ2) is 6.60. The molecule has 0 spiro atoms. The highest BCUT2D eigenvalue weighted by molar-refractivity contribution is 9.10. The summed E-state index contributed by atoms with van der Waals surface area (Å²) < 4.78 is 6.82. The molecule has 0 atom stereocenters. The topological polar surface area (TPSA) is 9.23 Å². The Hall–Kier alpha value is -0.510. The fraction of sp³-hybridized carbons (Fsp3) is 0.143. The van der Waals surface area contributed by atoms with E-state index in [4.69, 9.17) is 16.3 Å². The molecule has 0 aliphatic heterocycles. The number of halogens is 3. The van der Waals surface area contributed by atoms with Crippen LogP contribution in [0.25, 0.3) is 0 Å². The Morgan fingerprint density at radius 2 is 1.83 bits per heavy atom. The third kappa shape index (κ3) is 3.50. The van der Waals surface area contributed by atoms with Gasteiger partial charge in [0.15, 0.2) is 0 Å². The van der Waals surface area contributed by atoms with Crippen molar-refractivity contribution in [2.24, 2.45) is 0 Å². The molecule has 18 heavy (non-hydrogen) atoms. The first kappa shape index (κ1) is 13.9. The van der Waals surface area contributed by atoms with Gasteiger partial charge in [-0.1, -0.05) is 61.7 Å². The summed E-state index contributed by atoms with van der Waals surface area (Å²) in [6.07, 6.45) is 0. The zero-order chi connectivity index (χ0) is 13.0. The molecular weight excluding hydrogens is 379 g/mol. The van der Waals surface area contributed by atoms with Gasteiger partial charge in [0.1, 0.15) is 12.4 Å². The van der Waals surface area contributed by atoms with E-state index in [9.17, 15) is 0 Å². The van der Waals surface area contributed by atoms with Gasteiger partial charge >= 0.3 is 0 Å². The fourth-order valence-corrected chi connectivity index (χ4v) is 2.94. The molecule has 0 saturated carbocycles. The van der Waals surface area contributed by atoms with Crippen molar-refractivity contribution in [3.8, 4) is 5.75 Å². The predicted octanol–water partition coefficient (Wildman–Crippen LogP) is 5.58. The summed E-state index contributed by atoms with van der Waals surface area (Å²) in [4.78, 5) is 0. The van der Waals surface area contributed by atoms with E-state index in [1.54, 1.807) is 0 Å². The Kier molecular flexibility index (Phi) is 5.10. The quantitative estimate of drug-likeness (QED) is 0.620. The van der Waals surface area contributed by atoms with Gasteiger partial charge in [0, 0.05) is 20.4 Å². The Morgan fingerprint density at radius 3 is 2.56 bits per heavy atom. The minimum absolute atomic E-state index is 0.475. The SMILES string of the molecule is Clc1ccccc1COc1ccc(Br)c(CBr)c1. The largest absolute Gasteiger partial charge is 0.489 e. The summed E-state index contributed by atoms with van der Waals surface area (Å²) in [5.74, 6) is 0.840. The van der Waals surface area contributed by atoms with Gasteiger partial charge in [0.25, 0.3) is 0 Å². The molecule has 0 fully saturated rings. The Morgan fingerprint density at radius 1 is 1.06 bits per heavy atom. The van der Waals surface area contributed by atoms with E-state index in [0.717, 1.165) is 31.7 Å². The van der Waals surface area contributed by atoms with Gasteiger partial charge in [-0.2, -0.15) is 0 Å². The molecule has 0 radical (unpaired) electrons. The van der Waals surface area contributed by atoms with E-state index < -0.39 is 0 Å². The van der Waals surface area contributed by atoms with Crippen molar-refractivity contribution < 1.29 is 4.74 Å². The number of rotatable bonds is 4. The first-order valence-corrected chi connectivity index (χ1v) is 7.70. The molecule has 94 valence electrons. The van der Waals surface area contributed by atoms with Crippen LogP contribution >= 0.6 is 43.5 Å². The Balaban J connectivity index is 2.09. The number of alkyl halides is 1. The van der Waals surface area contributed by atoms with Crippen molar-refractivity contribution in [2.75, 3.05) is 0 Å². The van der Waals surface area contributed by atoms with E-state index in [1.807, 2.05) is 42.5 Å². The summed E-state index contributed by atoms with van der Waals surface area (Å²) in [7, 11) is 0. The minimum atomic E-state index is 0.475. The van der Waals surface area contributed by atoms with Gasteiger partial charge in [0.2, 0.25) is 0 Å². The summed E-state index contributed by atoms with van der Waals surface area (Å²) in [5.41, 5.74) is 2.15. The van der Waals surface area contributed by atoms with E-state index in [2.05, 4.69) is 31.9 Å². The maximum Gasteiger partial charge on any atom is 0.120 e. The highest BCUT2D eigenvalue weighted by Crippen LogP contribution is 2.25. The van der Waals surface area contributed by atoms with E-state index in [0.29, 0.717) is 6.61 Å². The lowest BCUT2D eigenvalue weighted by Gasteiger charge is -2.09. The van der Waals surface area contributed by atoms with Crippen molar-refractivity contribution in [1.82, 2.24) is 0 Å². The first-order chi connectivity index (χ1) is 8.70. The minimum Gasteiger partial charge on any atom is -0.489 e. The van der Waals surface area contributed by atoms with Crippen molar-refractivity contribution in [3.05, 3.63) is 63.1 Å². The van der Waals surface area contributed by atoms with Crippen molar-refractivity contribution >= 4 is 43.5 Å². The molecule has 2 rings (SSSR count). The van der Waals surface area contributed by atoms with Gasteiger partial charge in [0.05, 0.1) is 0 Å². The number of ether oxygens (including phenoxy) is 1. The predicted molar refractivity (Wildman–Crippen MR) is 82.6 cm³/mol. The monoisotopic (exact) mass is 388 g/mol. The lowest BCUT2D eigenvalue weighted by atomic mass is 10.2. The van der Waals surface area contributed by atoms with Crippen LogP contribution in [0.5, 0.6) is 5.75 Å². The summed E-state index contributed by atoms with van der Waals surface area (Å²) in [6.45, 7) is 0.475. The molecule has 0 N–H and O–H groups in total. The maximum atomic E-state index is 6.08. The van der Waals surface area contributed by atoms with Gasteiger partial charge in [-0.3, -0.25) is 0 Å². The molecule has 0 bridgehead atoms. The van der Waals surface area contributed by atoms with Crippen LogP contribution in [-0.2, 0) is 11.9 Å². The van der Waals surface area contributed by atoms with Gasteiger partial charge in [-0.25, -0.2) is 0 Å². The van der Waals surface area contributed by atoms with Crippen LogP contribution in [0, 0.1) is 0 Å². The average molecular weight is 391 g/mol. The van der Waals surface area contributed by atoms with Crippen LogP contribution in [0.3, 0.4) is 0 Å². The number of hydrogen-bond donors (Lipinski definition) is 0. The molecule has 0 aromatic heterocycles. The van der Waals surface area contributed by atoms with Crippen LogP contribution in [-0.4, -0.2) is 0 Å². The van der Waals surface area contributed by atoms with Crippen LogP contribution in [0.1, 0.15) is 11.1 Å². The molecule has 1 nitrogen and oxygen atoms in total. The third-order valence-electron chi connectivity index (χ3n) is 2.51. The highest BCUT2D eigenvalue weighted by Gasteiger charge is 2.03. The van der Waals surface area contributed by atoms with Crippen molar-refractivity contribution in [1.29, 1.82) is 0 Å². The van der Waals surface area contributed by atoms with E-state index in [-0.39, 0.29) is 0 Å². The number of benzene rings is 2. The normalized spacial score (nSPS) is 10.4. The molecule has 0 heterocycles. The standard InChI is InChI=1S/C14H11Br2ClO/c15-8-11-7-12(5-6-13(11)16)18-9-10-3-1-2-4-14(10)17/h1-7H,8-9H2. The maximum absolute atomic E-state index is 6.08. The Labute approximate surface area is 128 Å². The zero-order valence-electron chi connectivity index (χ0n) is 9.50. The fourth-order valence-electron chi connectivity index (χ4n) is 1.52. The molecule has 0 aliphatic rings. The molecule has 4 heteroatoms. The molecule has 0 amide bonds. The zero-order valence-corrected chi connectivity index (χ0v) is 13.4. The molecule has 2 aromatic rings. The summed E-state index contributed by atoms with van der Waals surface area (Å²) >= 11 is 13.0. The highest BCUT2D eigenvalue weighted by atomic mass is 79.9.